The molecule has 0 radical (unpaired) electrons. The highest BCUT2D eigenvalue weighted by atomic mass is 16.4. The van der Waals surface area contributed by atoms with Crippen LogP contribution in [0.15, 0.2) is 60.7 Å². The molecule has 1 amide bonds. The maximum atomic E-state index is 12.9. The zero-order chi connectivity index (χ0) is 18.6. The van der Waals surface area contributed by atoms with Gasteiger partial charge in [0, 0.05) is 18.2 Å². The van der Waals surface area contributed by atoms with Crippen molar-refractivity contribution in [2.45, 2.75) is 38.6 Å². The van der Waals surface area contributed by atoms with E-state index < -0.39 is 11.4 Å². The van der Waals surface area contributed by atoms with Crippen LogP contribution in [0.3, 0.4) is 0 Å². The van der Waals surface area contributed by atoms with Crippen molar-refractivity contribution in [3.8, 4) is 0 Å². The van der Waals surface area contributed by atoms with E-state index in [0.29, 0.717) is 31.4 Å². The Kier molecular flexibility index (Phi) is 5.40. The van der Waals surface area contributed by atoms with Crippen molar-refractivity contribution < 1.29 is 14.7 Å². The van der Waals surface area contributed by atoms with Gasteiger partial charge in [-0.15, -0.1) is 0 Å². The molecule has 2 unspecified atom stereocenters. The fourth-order valence-electron chi connectivity index (χ4n) is 3.98. The Morgan fingerprint density at radius 1 is 1.08 bits per heavy atom. The van der Waals surface area contributed by atoms with Crippen LogP contribution in [-0.4, -0.2) is 34.5 Å². The van der Waals surface area contributed by atoms with E-state index in [1.807, 2.05) is 72.5 Å². The van der Waals surface area contributed by atoms with Crippen molar-refractivity contribution in [2.24, 2.45) is 5.41 Å². The van der Waals surface area contributed by atoms with E-state index in [4.69, 9.17) is 0 Å². The zero-order valence-electron chi connectivity index (χ0n) is 15.1. The summed E-state index contributed by atoms with van der Waals surface area (Å²) in [4.78, 5) is 26.9. The molecular weight excluding hydrogens is 326 g/mol. The molecule has 0 saturated carbocycles. The molecule has 1 saturated heterocycles. The van der Waals surface area contributed by atoms with Crippen molar-refractivity contribution in [3.05, 3.63) is 71.8 Å². The van der Waals surface area contributed by atoms with Crippen LogP contribution < -0.4 is 0 Å². The van der Waals surface area contributed by atoms with E-state index in [-0.39, 0.29) is 11.9 Å². The second kappa shape index (κ2) is 7.73. The summed E-state index contributed by atoms with van der Waals surface area (Å²) in [6.07, 6.45) is 2.23. The van der Waals surface area contributed by atoms with Gasteiger partial charge in [0.15, 0.2) is 0 Å². The van der Waals surface area contributed by atoms with E-state index in [9.17, 15) is 14.7 Å². The molecule has 1 N–H and O–H groups in total. The summed E-state index contributed by atoms with van der Waals surface area (Å²) in [5.74, 6) is -0.761. The molecule has 0 aromatic heterocycles. The van der Waals surface area contributed by atoms with Gasteiger partial charge in [-0.25, -0.2) is 0 Å². The van der Waals surface area contributed by atoms with Gasteiger partial charge >= 0.3 is 5.97 Å². The predicted octanol–water partition coefficient (Wildman–Crippen LogP) is 4.01. The van der Waals surface area contributed by atoms with E-state index in [1.54, 1.807) is 0 Å². The highest BCUT2D eigenvalue weighted by Crippen LogP contribution is 2.40. The standard InChI is InChI=1S/C22H25NO3/c1-2-19-16-22(21(25)26,15-17-9-5-3-6-10-17)13-14-23(19)20(24)18-11-7-4-8-12-18/h3-12,19H,2,13-16H2,1H3,(H,25,26). The first kappa shape index (κ1) is 18.2. The fraction of sp³-hybridized carbons (Fsp3) is 0.364. The molecular formula is C22H25NO3. The highest BCUT2D eigenvalue weighted by Gasteiger charge is 2.46. The summed E-state index contributed by atoms with van der Waals surface area (Å²) in [5, 5.41) is 10.0. The number of rotatable bonds is 5. The van der Waals surface area contributed by atoms with Crippen LogP contribution >= 0.6 is 0 Å². The Bertz CT molecular complexity index is 759. The van der Waals surface area contributed by atoms with Gasteiger partial charge in [0.25, 0.3) is 5.91 Å². The molecule has 4 nitrogen and oxygen atoms in total. The molecule has 0 aliphatic carbocycles. The number of piperidine rings is 1. The Hall–Kier alpha value is -2.62. The van der Waals surface area contributed by atoms with Crippen molar-refractivity contribution in [1.82, 2.24) is 4.90 Å². The summed E-state index contributed by atoms with van der Waals surface area (Å²) in [5.41, 5.74) is 0.889. The van der Waals surface area contributed by atoms with Crippen LogP contribution in [0.4, 0.5) is 0 Å². The lowest BCUT2D eigenvalue weighted by Gasteiger charge is -2.44. The van der Waals surface area contributed by atoms with Gasteiger partial charge in [-0.05, 0) is 43.4 Å². The minimum Gasteiger partial charge on any atom is -0.481 e. The van der Waals surface area contributed by atoms with E-state index in [1.165, 1.54) is 0 Å². The van der Waals surface area contributed by atoms with Crippen molar-refractivity contribution in [3.63, 3.8) is 0 Å². The quantitative estimate of drug-likeness (QED) is 0.885. The number of hydrogen-bond donors (Lipinski definition) is 1. The van der Waals surface area contributed by atoms with E-state index in [2.05, 4.69) is 0 Å². The van der Waals surface area contributed by atoms with Crippen LogP contribution in [-0.2, 0) is 11.2 Å². The van der Waals surface area contributed by atoms with Crippen molar-refractivity contribution in [2.75, 3.05) is 6.54 Å². The smallest absolute Gasteiger partial charge is 0.310 e. The van der Waals surface area contributed by atoms with E-state index >= 15 is 0 Å². The Morgan fingerprint density at radius 3 is 2.27 bits per heavy atom. The topological polar surface area (TPSA) is 57.6 Å². The van der Waals surface area contributed by atoms with Gasteiger partial charge in [0.2, 0.25) is 0 Å². The molecule has 2 aromatic carbocycles. The molecule has 3 rings (SSSR count). The molecule has 4 heteroatoms. The summed E-state index contributed by atoms with van der Waals surface area (Å²) in [6.45, 7) is 2.50. The molecule has 136 valence electrons. The Labute approximate surface area is 154 Å². The molecule has 2 aromatic rings. The van der Waals surface area contributed by atoms with Crippen molar-refractivity contribution in [1.29, 1.82) is 0 Å². The first-order valence-corrected chi connectivity index (χ1v) is 9.19. The van der Waals surface area contributed by atoms with Gasteiger partial charge < -0.3 is 10.0 Å². The summed E-state index contributed by atoms with van der Waals surface area (Å²) >= 11 is 0. The maximum absolute atomic E-state index is 12.9. The SMILES string of the molecule is CCC1CC(Cc2ccccc2)(C(=O)O)CCN1C(=O)c1ccccc1. The molecule has 1 heterocycles. The molecule has 1 aliphatic rings. The molecule has 26 heavy (non-hydrogen) atoms. The lowest BCUT2D eigenvalue weighted by Crippen LogP contribution is -2.52. The average Bonchev–Trinajstić information content (AvgIpc) is 2.68. The Balaban J connectivity index is 1.82. The largest absolute Gasteiger partial charge is 0.481 e. The monoisotopic (exact) mass is 351 g/mol. The number of carbonyl (C=O) groups is 2. The number of amides is 1. The third kappa shape index (κ3) is 3.64. The Morgan fingerprint density at radius 2 is 1.69 bits per heavy atom. The minimum atomic E-state index is -0.810. The normalized spacial score (nSPS) is 22.8. The number of aliphatic carboxylic acids is 1. The van der Waals surface area contributed by atoms with Crippen LogP contribution in [0.2, 0.25) is 0 Å². The van der Waals surface area contributed by atoms with Gasteiger partial charge in [-0.2, -0.15) is 0 Å². The third-order valence-electron chi connectivity index (χ3n) is 5.49. The summed E-state index contributed by atoms with van der Waals surface area (Å²) in [6, 6.07) is 19.0. The maximum Gasteiger partial charge on any atom is 0.310 e. The number of hydrogen-bond acceptors (Lipinski definition) is 2. The molecule has 1 fully saturated rings. The fourth-order valence-corrected chi connectivity index (χ4v) is 3.98. The number of carboxylic acid groups (broad SMARTS) is 1. The molecule has 0 spiro atoms. The van der Waals surface area contributed by atoms with Gasteiger partial charge in [-0.3, -0.25) is 9.59 Å². The lowest BCUT2D eigenvalue weighted by molar-refractivity contribution is -0.153. The molecule has 0 bridgehead atoms. The number of benzene rings is 2. The number of nitrogens with zero attached hydrogens (tertiary/aromatic N) is 1. The first-order chi connectivity index (χ1) is 12.6. The van der Waals surface area contributed by atoms with E-state index in [0.717, 1.165) is 12.0 Å². The number of carbonyl (C=O) groups excluding carboxylic acids is 1. The number of carboxylic acids is 1. The van der Waals surface area contributed by atoms with Crippen LogP contribution in [0.25, 0.3) is 0 Å². The van der Waals surface area contributed by atoms with Gasteiger partial charge in [-0.1, -0.05) is 55.5 Å². The van der Waals surface area contributed by atoms with Crippen LogP contribution in [0, 0.1) is 5.41 Å². The summed E-state index contributed by atoms with van der Waals surface area (Å²) in [7, 11) is 0. The first-order valence-electron chi connectivity index (χ1n) is 9.19. The summed E-state index contributed by atoms with van der Waals surface area (Å²) < 4.78 is 0. The van der Waals surface area contributed by atoms with Crippen molar-refractivity contribution >= 4 is 11.9 Å². The zero-order valence-corrected chi connectivity index (χ0v) is 15.1. The second-order valence-electron chi connectivity index (χ2n) is 7.13. The third-order valence-corrected chi connectivity index (χ3v) is 5.49. The number of likely N-dealkylation sites (tertiary alicyclic amines) is 1. The van der Waals surface area contributed by atoms with Gasteiger partial charge in [0.05, 0.1) is 5.41 Å². The highest BCUT2D eigenvalue weighted by molar-refractivity contribution is 5.94. The lowest BCUT2D eigenvalue weighted by atomic mass is 9.70. The average molecular weight is 351 g/mol. The predicted molar refractivity (Wildman–Crippen MR) is 101 cm³/mol. The van der Waals surface area contributed by atoms with Crippen LogP contribution in [0.5, 0.6) is 0 Å². The van der Waals surface area contributed by atoms with Crippen LogP contribution in [0.1, 0.15) is 42.1 Å². The molecule has 1 aliphatic heterocycles. The van der Waals surface area contributed by atoms with Gasteiger partial charge in [0.1, 0.15) is 0 Å². The second-order valence-corrected chi connectivity index (χ2v) is 7.13. The molecule has 2 atom stereocenters. The minimum absolute atomic E-state index is 0.00356.